The molecule has 2 saturated carbocycles. The third-order valence-corrected chi connectivity index (χ3v) is 5.46. The number of hydrogen-bond donors (Lipinski definition) is 1. The summed E-state index contributed by atoms with van der Waals surface area (Å²) in [7, 11) is 0. The minimum Gasteiger partial charge on any atom is -0.325 e. The van der Waals surface area contributed by atoms with Crippen molar-refractivity contribution in [3.63, 3.8) is 0 Å². The average Bonchev–Trinajstić information content (AvgIpc) is 2.84. The fourth-order valence-electron chi connectivity index (χ4n) is 3.74. The molecule has 1 aromatic rings. The maximum absolute atomic E-state index is 13.5. The van der Waals surface area contributed by atoms with Gasteiger partial charge in [0.25, 0.3) is 0 Å². The lowest BCUT2D eigenvalue weighted by atomic mass is 9.77. The Morgan fingerprint density at radius 1 is 1.41 bits per heavy atom. The van der Waals surface area contributed by atoms with Crippen molar-refractivity contribution < 1.29 is 4.39 Å². The van der Waals surface area contributed by atoms with E-state index in [2.05, 4.69) is 15.9 Å². The molecule has 92 valence electrons. The van der Waals surface area contributed by atoms with Crippen LogP contribution in [0.4, 0.5) is 4.39 Å². The largest absolute Gasteiger partial charge is 0.325 e. The molecule has 3 atom stereocenters. The highest BCUT2D eigenvalue weighted by molar-refractivity contribution is 9.10. The van der Waals surface area contributed by atoms with Gasteiger partial charge in [0, 0.05) is 5.54 Å². The molecule has 17 heavy (non-hydrogen) atoms. The Bertz CT molecular complexity index is 448. The molecule has 0 amide bonds. The summed E-state index contributed by atoms with van der Waals surface area (Å²) in [6.45, 7) is 0. The van der Waals surface area contributed by atoms with E-state index in [1.54, 1.807) is 6.07 Å². The fourth-order valence-corrected chi connectivity index (χ4v) is 4.15. The first-order valence-electron chi connectivity index (χ1n) is 6.30. The first-order chi connectivity index (χ1) is 8.08. The van der Waals surface area contributed by atoms with E-state index < -0.39 is 0 Å². The van der Waals surface area contributed by atoms with Crippen LogP contribution in [0.3, 0.4) is 0 Å². The van der Waals surface area contributed by atoms with Gasteiger partial charge >= 0.3 is 0 Å². The molecule has 3 rings (SSSR count). The maximum atomic E-state index is 13.5. The molecule has 2 bridgehead atoms. The van der Waals surface area contributed by atoms with Crippen LogP contribution in [0.2, 0.25) is 0 Å². The number of hydrogen-bond acceptors (Lipinski definition) is 1. The molecule has 2 fully saturated rings. The van der Waals surface area contributed by atoms with E-state index in [9.17, 15) is 4.39 Å². The smallest absolute Gasteiger partial charge is 0.137 e. The van der Waals surface area contributed by atoms with E-state index in [1.165, 1.54) is 25.3 Å². The normalized spacial score (nSPS) is 35.5. The molecule has 2 N–H and O–H groups in total. The Morgan fingerprint density at radius 3 is 2.88 bits per heavy atom. The van der Waals surface area contributed by atoms with Crippen molar-refractivity contribution in [3.05, 3.63) is 34.1 Å². The lowest BCUT2D eigenvalue weighted by Crippen LogP contribution is -2.47. The van der Waals surface area contributed by atoms with E-state index in [0.29, 0.717) is 10.4 Å². The van der Waals surface area contributed by atoms with Gasteiger partial charge in [-0.15, -0.1) is 0 Å². The highest BCUT2D eigenvalue weighted by Gasteiger charge is 2.48. The minimum atomic E-state index is -0.186. The highest BCUT2D eigenvalue weighted by atomic mass is 79.9. The Balaban J connectivity index is 1.85. The summed E-state index contributed by atoms with van der Waals surface area (Å²) in [4.78, 5) is 0. The van der Waals surface area contributed by atoms with E-state index in [4.69, 9.17) is 5.73 Å². The van der Waals surface area contributed by atoms with Crippen LogP contribution in [0.5, 0.6) is 0 Å². The third-order valence-electron chi connectivity index (χ3n) is 4.57. The third kappa shape index (κ3) is 1.93. The van der Waals surface area contributed by atoms with Gasteiger partial charge in [0.1, 0.15) is 5.82 Å². The number of benzene rings is 1. The van der Waals surface area contributed by atoms with Gasteiger partial charge in [0.2, 0.25) is 0 Å². The van der Waals surface area contributed by atoms with Crippen molar-refractivity contribution >= 4 is 15.9 Å². The van der Waals surface area contributed by atoms with Gasteiger partial charge in [-0.2, -0.15) is 0 Å². The topological polar surface area (TPSA) is 26.0 Å². The summed E-state index contributed by atoms with van der Waals surface area (Å²) in [5.41, 5.74) is 7.47. The Hall–Kier alpha value is -0.410. The lowest BCUT2D eigenvalue weighted by Gasteiger charge is -2.34. The quantitative estimate of drug-likeness (QED) is 0.886. The van der Waals surface area contributed by atoms with Crippen LogP contribution >= 0.6 is 15.9 Å². The van der Waals surface area contributed by atoms with Crippen molar-refractivity contribution in [1.82, 2.24) is 0 Å². The van der Waals surface area contributed by atoms with Crippen molar-refractivity contribution in [3.8, 4) is 0 Å². The highest BCUT2D eigenvalue weighted by Crippen LogP contribution is 2.51. The van der Waals surface area contributed by atoms with Crippen LogP contribution in [-0.2, 0) is 6.42 Å². The first kappa shape index (κ1) is 11.7. The summed E-state index contributed by atoms with van der Waals surface area (Å²) in [5.74, 6) is 1.27. The molecule has 1 aromatic carbocycles. The average molecular weight is 298 g/mol. The van der Waals surface area contributed by atoms with Gasteiger partial charge in [-0.25, -0.2) is 4.39 Å². The van der Waals surface area contributed by atoms with E-state index in [1.807, 2.05) is 6.07 Å². The number of fused-ring (bicyclic) bond motifs is 2. The summed E-state index contributed by atoms with van der Waals surface area (Å²) >= 11 is 3.33. The van der Waals surface area contributed by atoms with Crippen LogP contribution < -0.4 is 5.73 Å². The van der Waals surface area contributed by atoms with Crippen LogP contribution in [0.15, 0.2) is 22.7 Å². The van der Waals surface area contributed by atoms with Gasteiger partial charge in [0.15, 0.2) is 0 Å². The summed E-state index contributed by atoms with van der Waals surface area (Å²) < 4.78 is 14.1. The zero-order valence-electron chi connectivity index (χ0n) is 9.76. The Labute approximate surface area is 110 Å². The van der Waals surface area contributed by atoms with E-state index >= 15 is 0 Å². The van der Waals surface area contributed by atoms with Crippen LogP contribution in [0.1, 0.15) is 31.2 Å². The van der Waals surface area contributed by atoms with Crippen molar-refractivity contribution in [2.45, 2.75) is 37.6 Å². The molecule has 0 radical (unpaired) electrons. The molecule has 0 aliphatic heterocycles. The number of halogens is 2. The van der Waals surface area contributed by atoms with Crippen molar-refractivity contribution in [2.75, 3.05) is 0 Å². The van der Waals surface area contributed by atoms with Gasteiger partial charge in [-0.1, -0.05) is 18.6 Å². The van der Waals surface area contributed by atoms with Crippen LogP contribution in [0.25, 0.3) is 0 Å². The molecule has 0 heterocycles. The van der Waals surface area contributed by atoms with Crippen LogP contribution in [-0.4, -0.2) is 5.54 Å². The predicted octanol–water partition coefficient (Wildman–Crippen LogP) is 3.65. The molecule has 3 unspecified atom stereocenters. The van der Waals surface area contributed by atoms with Gasteiger partial charge in [-0.3, -0.25) is 0 Å². The van der Waals surface area contributed by atoms with Crippen molar-refractivity contribution in [1.29, 1.82) is 0 Å². The number of rotatable bonds is 2. The number of nitrogens with two attached hydrogens (primary N) is 1. The fraction of sp³-hybridized carbons (Fsp3) is 0.571. The van der Waals surface area contributed by atoms with E-state index in [-0.39, 0.29) is 11.4 Å². The molecular formula is C14H17BrFN. The Kier molecular flexibility index (Phi) is 2.79. The second-order valence-corrected chi connectivity index (χ2v) is 6.50. The zero-order valence-corrected chi connectivity index (χ0v) is 11.3. The summed E-state index contributed by atoms with van der Waals surface area (Å²) in [5, 5.41) is 0. The monoisotopic (exact) mass is 297 g/mol. The zero-order chi connectivity index (χ0) is 12.0. The minimum absolute atomic E-state index is 0.0980. The van der Waals surface area contributed by atoms with Gasteiger partial charge in [-0.05, 0) is 65.1 Å². The first-order valence-corrected chi connectivity index (χ1v) is 7.09. The maximum Gasteiger partial charge on any atom is 0.137 e. The predicted molar refractivity (Wildman–Crippen MR) is 70.2 cm³/mol. The molecule has 2 aliphatic carbocycles. The van der Waals surface area contributed by atoms with Crippen LogP contribution in [0, 0.1) is 17.7 Å². The van der Waals surface area contributed by atoms with Gasteiger partial charge < -0.3 is 5.73 Å². The lowest BCUT2D eigenvalue weighted by molar-refractivity contribution is 0.269. The Morgan fingerprint density at radius 2 is 2.24 bits per heavy atom. The molecule has 2 aliphatic rings. The molecule has 3 heteroatoms. The molecule has 1 nitrogen and oxygen atoms in total. The molecular weight excluding hydrogens is 281 g/mol. The van der Waals surface area contributed by atoms with Crippen molar-refractivity contribution in [2.24, 2.45) is 17.6 Å². The summed E-state index contributed by atoms with van der Waals surface area (Å²) in [6.07, 6.45) is 5.79. The SMILES string of the molecule is NC1(Cc2cccc(F)c2Br)CC2CCC1C2. The summed E-state index contributed by atoms with van der Waals surface area (Å²) in [6, 6.07) is 5.23. The molecule has 0 aromatic heterocycles. The molecule has 0 spiro atoms. The van der Waals surface area contributed by atoms with E-state index in [0.717, 1.165) is 24.3 Å². The second kappa shape index (κ2) is 4.06. The second-order valence-electron chi connectivity index (χ2n) is 5.70. The standard InChI is InChI=1S/C14H17BrFN/c15-13-10(2-1-3-12(13)16)8-14(17)7-9-4-5-11(14)6-9/h1-3,9,11H,4-8,17H2. The van der Waals surface area contributed by atoms with Gasteiger partial charge in [0.05, 0.1) is 4.47 Å². The molecule has 0 saturated heterocycles.